The summed E-state index contributed by atoms with van der Waals surface area (Å²) in [5.74, 6) is 21.4. The van der Waals surface area contributed by atoms with Crippen LogP contribution in [-0.2, 0) is 32.5 Å². The summed E-state index contributed by atoms with van der Waals surface area (Å²) in [7, 11) is -1.19. The standard InChI is InChI=1S/C58H80P2Si2/c1-53(2,3)43-37-47(55(7,8)9)51(48(38-43)56(10,11)12)59-45(33-35-61(19,20)21)31-29-41-25-27-42(28-26-41)30-32-46(34-36-62(22,23)24)60-52-49(57(13,14)15)39-44(54(4,5)6)40-50(52)58(16,17)18/h25-28,37-40H,1-24H3. The molecule has 0 aromatic heterocycles. The summed E-state index contributed by atoms with van der Waals surface area (Å²) in [6.45, 7) is 55.7. The number of benzene rings is 3. The Labute approximate surface area is 387 Å². The van der Waals surface area contributed by atoms with Gasteiger partial charge in [0.15, 0.2) is 0 Å². The Bertz CT molecular complexity index is 2210. The summed E-state index contributed by atoms with van der Waals surface area (Å²) in [5, 5.41) is 4.59. The van der Waals surface area contributed by atoms with Gasteiger partial charge in [0.05, 0.1) is 0 Å². The normalized spacial score (nSPS) is 13.5. The lowest BCUT2D eigenvalue weighted by Crippen LogP contribution is -2.30. The van der Waals surface area contributed by atoms with Crippen molar-refractivity contribution in [2.45, 2.75) is 196 Å². The molecular formula is C58H80P2Si2. The summed E-state index contributed by atoms with van der Waals surface area (Å²) in [6, 6.07) is 18.2. The highest BCUT2D eigenvalue weighted by atomic mass is 31.1. The van der Waals surface area contributed by atoms with Crippen LogP contribution in [0.15, 0.2) is 48.5 Å². The number of hydrogen-bond acceptors (Lipinski definition) is 0. The molecular weight excluding hydrogens is 815 g/mol. The van der Waals surface area contributed by atoms with Crippen LogP contribution in [0.5, 0.6) is 0 Å². The molecule has 0 saturated carbocycles. The third kappa shape index (κ3) is 16.0. The lowest BCUT2D eigenvalue weighted by atomic mass is 9.75. The van der Waals surface area contributed by atoms with Crippen LogP contribution in [0.25, 0.3) is 0 Å². The fourth-order valence-electron chi connectivity index (χ4n) is 6.45. The van der Waals surface area contributed by atoms with E-state index in [1.807, 2.05) is 0 Å². The number of rotatable bonds is 2. The van der Waals surface area contributed by atoms with E-state index in [1.54, 1.807) is 0 Å². The van der Waals surface area contributed by atoms with E-state index in [4.69, 9.17) is 0 Å². The maximum absolute atomic E-state index is 3.65. The van der Waals surface area contributed by atoms with E-state index in [2.05, 4.69) is 259 Å². The van der Waals surface area contributed by atoms with E-state index in [9.17, 15) is 0 Å². The van der Waals surface area contributed by atoms with Gasteiger partial charge in [0.2, 0.25) is 0 Å². The van der Waals surface area contributed by atoms with E-state index < -0.39 is 16.1 Å². The molecule has 0 atom stereocenters. The molecule has 4 heteroatoms. The van der Waals surface area contributed by atoms with Gasteiger partial charge < -0.3 is 0 Å². The Morgan fingerprint density at radius 1 is 0.371 bits per heavy atom. The highest BCUT2D eigenvalue weighted by Gasteiger charge is 2.30. The van der Waals surface area contributed by atoms with E-state index in [0.717, 1.165) is 38.1 Å². The van der Waals surface area contributed by atoms with Gasteiger partial charge >= 0.3 is 0 Å². The van der Waals surface area contributed by atoms with Crippen LogP contribution >= 0.6 is 16.4 Å². The smallest absolute Gasteiger partial charge is 0.126 e. The van der Waals surface area contributed by atoms with Crippen molar-refractivity contribution < 1.29 is 0 Å². The van der Waals surface area contributed by atoms with E-state index in [-0.39, 0.29) is 32.5 Å². The van der Waals surface area contributed by atoms with E-state index in [0.29, 0.717) is 0 Å². The monoisotopic (exact) mass is 895 g/mol. The van der Waals surface area contributed by atoms with Gasteiger partial charge in [-0.2, -0.15) is 0 Å². The van der Waals surface area contributed by atoms with Gasteiger partial charge in [0.1, 0.15) is 26.7 Å². The van der Waals surface area contributed by atoms with E-state index in [1.165, 1.54) is 44.0 Å². The minimum atomic E-state index is -1.66. The molecule has 0 radical (unpaired) electrons. The summed E-state index contributed by atoms with van der Waals surface area (Å²) < 4.78 is 0. The first-order valence-corrected chi connectivity index (χ1v) is 31.3. The second-order valence-electron chi connectivity index (χ2n) is 25.3. The molecule has 0 saturated heterocycles. The summed E-state index contributed by atoms with van der Waals surface area (Å²) in [6.07, 6.45) is 0. The third-order valence-electron chi connectivity index (χ3n) is 10.3. The molecule has 0 nitrogen and oxygen atoms in total. The quantitative estimate of drug-likeness (QED) is 0.137. The van der Waals surface area contributed by atoms with Crippen molar-refractivity contribution in [1.29, 1.82) is 0 Å². The molecule has 0 heterocycles. The first-order chi connectivity index (χ1) is 27.8. The summed E-state index contributed by atoms with van der Waals surface area (Å²) >= 11 is 0. The van der Waals surface area contributed by atoms with Crippen molar-refractivity contribution in [2.75, 3.05) is 0 Å². The molecule has 3 rings (SSSR count). The Balaban J connectivity index is 2.27. The van der Waals surface area contributed by atoms with Crippen LogP contribution in [0.1, 0.15) is 169 Å². The van der Waals surface area contributed by atoms with Crippen LogP contribution in [0.2, 0.25) is 39.3 Å². The molecule has 0 fully saturated rings. The van der Waals surface area contributed by atoms with Crippen molar-refractivity contribution in [3.05, 3.63) is 93.0 Å². The molecule has 330 valence electrons. The molecule has 0 N–H and O–H groups in total. The second-order valence-corrected chi connectivity index (χ2v) is 37.1. The minimum Gasteiger partial charge on any atom is -0.126 e. The van der Waals surface area contributed by atoms with E-state index >= 15 is 0 Å². The van der Waals surface area contributed by atoms with Crippen LogP contribution in [0.4, 0.5) is 0 Å². The van der Waals surface area contributed by atoms with Gasteiger partial charge in [-0.05, 0) is 118 Å². The van der Waals surface area contributed by atoms with Gasteiger partial charge in [0, 0.05) is 21.7 Å². The maximum atomic E-state index is 3.65. The molecule has 62 heavy (non-hydrogen) atoms. The van der Waals surface area contributed by atoms with Crippen LogP contribution in [0.3, 0.4) is 0 Å². The van der Waals surface area contributed by atoms with Gasteiger partial charge in [-0.25, -0.2) is 0 Å². The predicted molar refractivity (Wildman–Crippen MR) is 291 cm³/mol. The van der Waals surface area contributed by atoms with Crippen molar-refractivity contribution >= 4 is 53.8 Å². The highest BCUT2D eigenvalue weighted by Crippen LogP contribution is 2.37. The van der Waals surface area contributed by atoms with Crippen LogP contribution < -0.4 is 10.6 Å². The molecule has 3 aromatic rings. The van der Waals surface area contributed by atoms with Crippen LogP contribution in [-0.4, -0.2) is 26.7 Å². The fraction of sp³-hybridized carbons (Fsp3) is 0.517. The molecule has 3 aromatic carbocycles. The Kier molecular flexibility index (Phi) is 16.3. The Morgan fingerprint density at radius 2 is 0.613 bits per heavy atom. The Hall–Kier alpha value is -3.33. The minimum absolute atomic E-state index is 0.0388. The van der Waals surface area contributed by atoms with Crippen molar-refractivity contribution in [1.82, 2.24) is 0 Å². The number of hydrogen-bond donors (Lipinski definition) is 0. The second kappa shape index (κ2) is 19.0. The molecule has 0 aliphatic rings. The Morgan fingerprint density at radius 3 is 0.806 bits per heavy atom. The molecule has 0 amide bonds. The highest BCUT2D eigenvalue weighted by molar-refractivity contribution is 7.51. The van der Waals surface area contributed by atoms with Gasteiger partial charge in [-0.15, -0.1) is 11.1 Å². The molecule has 0 bridgehead atoms. The van der Waals surface area contributed by atoms with Crippen molar-refractivity contribution in [3.63, 3.8) is 0 Å². The summed E-state index contributed by atoms with van der Waals surface area (Å²) in [4.78, 5) is 0. The van der Waals surface area contributed by atoms with Gasteiger partial charge in [-0.3, -0.25) is 0 Å². The SMILES string of the molecule is CC(C)(C)c1cc(C(C)(C)C)c(P=C(C#Cc2ccc(C#CC(C#C[Si](C)(C)C)=Pc3c(C(C)(C)C)cc(C(C)(C)C)cc3C(C)(C)C)cc2)C#C[Si](C)(C)C)c(C(C)(C)C)c1. The first-order valence-electron chi connectivity index (χ1n) is 22.5. The maximum Gasteiger partial charge on any atom is 0.129 e. The zero-order valence-electron chi connectivity index (χ0n) is 43.5. The predicted octanol–water partition coefficient (Wildman–Crippen LogP) is 14.8. The van der Waals surface area contributed by atoms with Crippen molar-refractivity contribution in [3.8, 4) is 46.6 Å². The van der Waals surface area contributed by atoms with Crippen LogP contribution in [0, 0.1) is 46.6 Å². The molecule has 0 aliphatic carbocycles. The van der Waals surface area contributed by atoms with Gasteiger partial charge in [-0.1, -0.05) is 212 Å². The topological polar surface area (TPSA) is 0 Å². The molecule has 0 spiro atoms. The molecule has 0 unspecified atom stereocenters. The molecule has 0 aliphatic heterocycles. The third-order valence-corrected chi connectivity index (χ3v) is 14.3. The largest absolute Gasteiger partial charge is 0.129 e. The lowest BCUT2D eigenvalue weighted by Gasteiger charge is -2.32. The van der Waals surface area contributed by atoms with Crippen molar-refractivity contribution in [2.24, 2.45) is 0 Å². The summed E-state index contributed by atoms with van der Waals surface area (Å²) in [5.41, 5.74) is 17.4. The fourth-order valence-corrected chi connectivity index (χ4v) is 10.6. The zero-order chi connectivity index (χ0) is 47.7. The average Bonchev–Trinajstić information content (AvgIpc) is 3.07. The average molecular weight is 895 g/mol. The zero-order valence-corrected chi connectivity index (χ0v) is 47.3. The first kappa shape index (κ1) is 53.0. The lowest BCUT2D eigenvalue weighted by molar-refractivity contribution is 0.553. The van der Waals surface area contributed by atoms with Gasteiger partial charge in [0.25, 0.3) is 0 Å².